The molecule has 2 rings (SSSR count). The summed E-state index contributed by atoms with van der Waals surface area (Å²) in [5, 5.41) is 7.21. The Bertz CT molecular complexity index is 575. The molecular weight excluding hydrogens is 244 g/mol. The van der Waals surface area contributed by atoms with Crippen LogP contribution < -0.4 is 16.2 Å². The maximum absolute atomic E-state index is 5.49. The Morgan fingerprint density at radius 2 is 1.95 bits per heavy atom. The second kappa shape index (κ2) is 6.10. The van der Waals surface area contributed by atoms with E-state index in [0.29, 0.717) is 11.6 Å². The minimum absolute atomic E-state index is 0.0844. The maximum atomic E-state index is 5.49. The number of rotatable bonds is 4. The summed E-state index contributed by atoms with van der Waals surface area (Å²) in [5.41, 5.74) is 11.1. The predicted octanol–water partition coefficient (Wildman–Crippen LogP) is 0.876. The van der Waals surface area contributed by atoms with Gasteiger partial charge in [0.15, 0.2) is 0 Å². The van der Waals surface area contributed by atoms with Crippen molar-refractivity contribution in [3.05, 3.63) is 48.4 Å². The lowest BCUT2D eigenvalue weighted by Crippen LogP contribution is -2.21. The first-order chi connectivity index (χ1) is 9.24. The van der Waals surface area contributed by atoms with Gasteiger partial charge in [-0.05, 0) is 29.8 Å². The van der Waals surface area contributed by atoms with Crippen LogP contribution in [-0.2, 0) is 0 Å². The molecule has 0 aliphatic carbocycles. The second-order valence-electron chi connectivity index (χ2n) is 3.48. The number of nitrogens with two attached hydrogens (primary N) is 2. The third-order valence-electron chi connectivity index (χ3n) is 2.02. The van der Waals surface area contributed by atoms with Crippen LogP contribution in [0.3, 0.4) is 0 Å². The first-order valence-electron chi connectivity index (χ1n) is 5.40. The van der Waals surface area contributed by atoms with Gasteiger partial charge in [0, 0.05) is 12.4 Å². The topological polar surface area (TPSA) is 112 Å². The summed E-state index contributed by atoms with van der Waals surface area (Å²) in [7, 11) is 0. The average Bonchev–Trinajstić information content (AvgIpc) is 2.42. The largest absolute Gasteiger partial charge is 0.438 e. The minimum atomic E-state index is -0.0844. The molecule has 0 saturated carbocycles. The summed E-state index contributed by atoms with van der Waals surface area (Å²) in [6.07, 6.45) is 6.21. The molecule has 0 aliphatic rings. The van der Waals surface area contributed by atoms with Gasteiger partial charge in [0.1, 0.15) is 5.75 Å². The fourth-order valence-corrected chi connectivity index (χ4v) is 1.24. The first-order valence-corrected chi connectivity index (χ1v) is 5.40. The molecule has 0 amide bonds. The molecule has 2 aromatic rings. The van der Waals surface area contributed by atoms with E-state index < -0.39 is 0 Å². The summed E-state index contributed by atoms with van der Waals surface area (Å²) in [6.45, 7) is 0. The number of aromatic nitrogens is 2. The zero-order valence-electron chi connectivity index (χ0n) is 9.97. The SMILES string of the molecule is NC(N)=NN=Cc1ccc(Oc2cnccn2)cc1. The van der Waals surface area contributed by atoms with Gasteiger partial charge in [-0.15, -0.1) is 5.10 Å². The van der Waals surface area contributed by atoms with Crippen molar-refractivity contribution < 1.29 is 4.74 Å². The van der Waals surface area contributed by atoms with Gasteiger partial charge in [-0.1, -0.05) is 0 Å². The summed E-state index contributed by atoms with van der Waals surface area (Å²) in [4.78, 5) is 7.92. The lowest BCUT2D eigenvalue weighted by Gasteiger charge is -2.03. The predicted molar refractivity (Wildman–Crippen MR) is 72.0 cm³/mol. The van der Waals surface area contributed by atoms with Crippen LogP contribution in [-0.4, -0.2) is 22.1 Å². The van der Waals surface area contributed by atoms with Crippen molar-refractivity contribution in [2.45, 2.75) is 0 Å². The van der Waals surface area contributed by atoms with E-state index in [4.69, 9.17) is 16.2 Å². The monoisotopic (exact) mass is 256 g/mol. The minimum Gasteiger partial charge on any atom is -0.438 e. The quantitative estimate of drug-likeness (QED) is 0.479. The Hall–Kier alpha value is -2.96. The summed E-state index contributed by atoms with van der Waals surface area (Å²) in [5.74, 6) is 1.00. The molecule has 0 unspecified atom stereocenters. The van der Waals surface area contributed by atoms with E-state index in [-0.39, 0.29) is 5.96 Å². The number of hydrogen-bond acceptors (Lipinski definition) is 5. The Balaban J connectivity index is 2.03. The number of hydrogen-bond donors (Lipinski definition) is 2. The lowest BCUT2D eigenvalue weighted by atomic mass is 10.2. The highest BCUT2D eigenvalue weighted by atomic mass is 16.5. The first kappa shape index (κ1) is 12.5. The Labute approximate surface area is 109 Å². The highest BCUT2D eigenvalue weighted by Gasteiger charge is 1.97. The van der Waals surface area contributed by atoms with Gasteiger partial charge in [-0.2, -0.15) is 5.10 Å². The highest BCUT2D eigenvalue weighted by molar-refractivity contribution is 5.81. The van der Waals surface area contributed by atoms with Gasteiger partial charge in [0.2, 0.25) is 11.8 Å². The zero-order valence-corrected chi connectivity index (χ0v) is 9.97. The molecule has 1 aromatic heterocycles. The summed E-state index contributed by atoms with van der Waals surface area (Å²) < 4.78 is 5.49. The second-order valence-corrected chi connectivity index (χ2v) is 3.48. The Morgan fingerprint density at radius 3 is 2.58 bits per heavy atom. The van der Waals surface area contributed by atoms with E-state index in [1.54, 1.807) is 24.5 Å². The molecule has 7 nitrogen and oxygen atoms in total. The van der Waals surface area contributed by atoms with E-state index in [1.807, 2.05) is 12.1 Å². The van der Waals surface area contributed by atoms with Gasteiger partial charge in [-0.3, -0.25) is 4.98 Å². The van der Waals surface area contributed by atoms with Crippen molar-refractivity contribution in [2.24, 2.45) is 21.7 Å². The van der Waals surface area contributed by atoms with Crippen LogP contribution in [0.15, 0.2) is 53.1 Å². The molecule has 0 spiro atoms. The van der Waals surface area contributed by atoms with Crippen LogP contribution in [0, 0.1) is 0 Å². The fourth-order valence-electron chi connectivity index (χ4n) is 1.24. The molecular formula is C12H12N6O. The Morgan fingerprint density at radius 1 is 1.16 bits per heavy atom. The smallest absolute Gasteiger partial charge is 0.237 e. The molecule has 1 heterocycles. The van der Waals surface area contributed by atoms with Crippen LogP contribution >= 0.6 is 0 Å². The molecule has 0 bridgehead atoms. The molecule has 0 aliphatic heterocycles. The normalized spacial score (nSPS) is 10.3. The summed E-state index contributed by atoms with van der Waals surface area (Å²) in [6, 6.07) is 7.20. The third kappa shape index (κ3) is 4.08. The summed E-state index contributed by atoms with van der Waals surface area (Å²) >= 11 is 0. The highest BCUT2D eigenvalue weighted by Crippen LogP contribution is 2.17. The van der Waals surface area contributed by atoms with Crippen molar-refractivity contribution in [3.63, 3.8) is 0 Å². The van der Waals surface area contributed by atoms with Crippen LogP contribution in [0.1, 0.15) is 5.56 Å². The standard InChI is InChI=1S/C12H12N6O/c13-12(14)18-17-7-9-1-3-10(4-2-9)19-11-8-15-5-6-16-11/h1-8H,(H4,13,14,18). The molecule has 1 aromatic carbocycles. The van der Waals surface area contributed by atoms with E-state index >= 15 is 0 Å². The van der Waals surface area contributed by atoms with Crippen LogP contribution in [0.2, 0.25) is 0 Å². The Kier molecular flexibility index (Phi) is 4.01. The van der Waals surface area contributed by atoms with Crippen LogP contribution in [0.25, 0.3) is 0 Å². The van der Waals surface area contributed by atoms with E-state index in [2.05, 4.69) is 20.2 Å². The van der Waals surface area contributed by atoms with Crippen LogP contribution in [0.4, 0.5) is 0 Å². The van der Waals surface area contributed by atoms with Crippen molar-refractivity contribution in [2.75, 3.05) is 0 Å². The molecule has 7 heteroatoms. The molecule has 0 saturated heterocycles. The van der Waals surface area contributed by atoms with Gasteiger partial charge in [0.05, 0.1) is 12.4 Å². The average molecular weight is 256 g/mol. The number of guanidine groups is 1. The van der Waals surface area contributed by atoms with E-state index in [0.717, 1.165) is 5.56 Å². The van der Waals surface area contributed by atoms with Gasteiger partial charge < -0.3 is 16.2 Å². The van der Waals surface area contributed by atoms with Gasteiger partial charge in [0.25, 0.3) is 0 Å². The number of ether oxygens (including phenoxy) is 1. The van der Waals surface area contributed by atoms with Crippen LogP contribution in [0.5, 0.6) is 11.6 Å². The molecule has 0 fully saturated rings. The molecule has 0 atom stereocenters. The van der Waals surface area contributed by atoms with Crippen molar-refractivity contribution in [3.8, 4) is 11.6 Å². The molecule has 19 heavy (non-hydrogen) atoms. The lowest BCUT2D eigenvalue weighted by molar-refractivity contribution is 0.460. The fraction of sp³-hybridized carbons (Fsp3) is 0. The number of benzene rings is 1. The van der Waals surface area contributed by atoms with Crippen molar-refractivity contribution >= 4 is 12.2 Å². The zero-order chi connectivity index (χ0) is 13.5. The molecule has 0 radical (unpaired) electrons. The number of nitrogens with zero attached hydrogens (tertiary/aromatic N) is 4. The van der Waals surface area contributed by atoms with Crippen molar-refractivity contribution in [1.82, 2.24) is 9.97 Å². The van der Waals surface area contributed by atoms with Crippen molar-refractivity contribution in [1.29, 1.82) is 0 Å². The molecule has 4 N–H and O–H groups in total. The third-order valence-corrected chi connectivity index (χ3v) is 2.02. The van der Waals surface area contributed by atoms with E-state index in [1.165, 1.54) is 12.4 Å². The molecule has 96 valence electrons. The maximum Gasteiger partial charge on any atom is 0.237 e. The van der Waals surface area contributed by atoms with Gasteiger partial charge >= 0.3 is 0 Å². The van der Waals surface area contributed by atoms with E-state index in [9.17, 15) is 0 Å². The van der Waals surface area contributed by atoms with Gasteiger partial charge in [-0.25, -0.2) is 4.98 Å².